The Morgan fingerprint density at radius 3 is 1.58 bits per heavy atom. The Morgan fingerprint density at radius 1 is 0.606 bits per heavy atom. The zero-order valence-corrected chi connectivity index (χ0v) is 40.5. The molecule has 5 rings (SSSR count). The highest BCUT2D eigenvalue weighted by atomic mass is 32.1. The third-order valence-corrected chi connectivity index (χ3v) is 10.6. The number of aromatic nitrogens is 1. The quantitative estimate of drug-likeness (QED) is 0.0140. The molecular formula is C51H58N8O11S. The molecule has 2 atom stereocenters. The van der Waals surface area contributed by atoms with Gasteiger partial charge in [-0.3, -0.25) is 34.8 Å². The number of rotatable bonds is 22. The molecule has 71 heavy (non-hydrogen) atoms. The molecule has 374 valence electrons. The van der Waals surface area contributed by atoms with Crippen LogP contribution in [0.3, 0.4) is 0 Å². The number of aliphatic imine (C=N–C) groups is 1. The van der Waals surface area contributed by atoms with E-state index in [2.05, 4.69) is 41.9 Å². The first-order valence-electron chi connectivity index (χ1n) is 22.7. The molecule has 4 aromatic carbocycles. The van der Waals surface area contributed by atoms with Crippen LogP contribution in [-0.2, 0) is 71.0 Å². The first kappa shape index (κ1) is 53.8. The van der Waals surface area contributed by atoms with Crippen LogP contribution in [0.5, 0.6) is 0 Å². The number of esters is 1. The summed E-state index contributed by atoms with van der Waals surface area (Å²) in [6.45, 7) is 5.82. The highest BCUT2D eigenvalue weighted by Crippen LogP contribution is 2.18. The van der Waals surface area contributed by atoms with E-state index in [-0.39, 0.29) is 81.0 Å². The fraction of sp³-hybridized carbons (Fsp3) is 0.314. The maximum absolute atomic E-state index is 13.8. The number of thiazole rings is 1. The van der Waals surface area contributed by atoms with Crippen molar-refractivity contribution in [2.45, 2.75) is 85.0 Å². The minimum Gasteiger partial charge on any atom is -0.461 e. The lowest BCUT2D eigenvalue weighted by Crippen LogP contribution is -2.49. The number of nitrogens with one attached hydrogen (secondary N) is 6. The Balaban J connectivity index is 1.22. The summed E-state index contributed by atoms with van der Waals surface area (Å²) in [6.07, 6.45) is -3.29. The van der Waals surface area contributed by atoms with Gasteiger partial charge in [-0.15, -0.1) is 11.3 Å². The molecule has 6 N–H and O–H groups in total. The number of benzene rings is 4. The van der Waals surface area contributed by atoms with Gasteiger partial charge in [-0.25, -0.2) is 19.4 Å². The SMILES string of the molecule is CC(C)(C)CNC(=O)[C@H](CC(=O)OCc1ccccc1)NC(=O)Cc1csc(NC(=O)[C@H](CCCN=C(NC(=O)OCc2ccccc2)NC(=O)OCc2ccccc2)NC(=O)OCc2ccccc2)n1. The third kappa shape index (κ3) is 21.4. The number of amides is 6. The van der Waals surface area contributed by atoms with Gasteiger partial charge >= 0.3 is 24.2 Å². The number of carbonyl (C=O) groups is 7. The number of hydrogen-bond donors (Lipinski definition) is 6. The van der Waals surface area contributed by atoms with Crippen LogP contribution < -0.4 is 31.9 Å². The lowest BCUT2D eigenvalue weighted by atomic mass is 9.97. The molecule has 1 aromatic heterocycles. The molecule has 0 spiro atoms. The topological polar surface area (TPSA) is 254 Å². The van der Waals surface area contributed by atoms with Gasteiger partial charge in [0.05, 0.1) is 18.5 Å². The molecule has 1 heterocycles. The highest BCUT2D eigenvalue weighted by molar-refractivity contribution is 7.14. The van der Waals surface area contributed by atoms with Gasteiger partial charge in [-0.2, -0.15) is 0 Å². The Hall–Kier alpha value is -8.13. The summed E-state index contributed by atoms with van der Waals surface area (Å²) in [5.41, 5.74) is 2.91. The summed E-state index contributed by atoms with van der Waals surface area (Å²) in [7, 11) is 0. The van der Waals surface area contributed by atoms with Crippen molar-refractivity contribution in [2.75, 3.05) is 18.4 Å². The number of anilines is 1. The molecule has 0 saturated carbocycles. The first-order valence-corrected chi connectivity index (χ1v) is 23.5. The number of hydrogen-bond acceptors (Lipinski definition) is 14. The molecule has 6 amide bonds. The second kappa shape index (κ2) is 28.4. The van der Waals surface area contributed by atoms with Gasteiger partial charge in [-0.05, 0) is 40.5 Å². The monoisotopic (exact) mass is 990 g/mol. The van der Waals surface area contributed by atoms with Crippen molar-refractivity contribution in [3.05, 3.63) is 155 Å². The molecule has 0 radical (unpaired) electrons. The molecule has 0 aliphatic carbocycles. The lowest BCUT2D eigenvalue weighted by molar-refractivity contribution is -0.147. The van der Waals surface area contributed by atoms with Crippen molar-refractivity contribution in [3.63, 3.8) is 0 Å². The van der Waals surface area contributed by atoms with Crippen molar-refractivity contribution in [2.24, 2.45) is 10.4 Å². The fourth-order valence-corrected chi connectivity index (χ4v) is 6.89. The molecule has 0 aliphatic heterocycles. The average molecular weight is 991 g/mol. The number of carbonyl (C=O) groups excluding carboxylic acids is 7. The van der Waals surface area contributed by atoms with Gasteiger partial charge < -0.3 is 40.2 Å². The van der Waals surface area contributed by atoms with Crippen LogP contribution in [0, 0.1) is 5.41 Å². The Morgan fingerprint density at radius 2 is 1.08 bits per heavy atom. The van der Waals surface area contributed by atoms with Crippen molar-refractivity contribution >= 4 is 64.4 Å². The predicted molar refractivity (Wildman–Crippen MR) is 264 cm³/mol. The van der Waals surface area contributed by atoms with Crippen LogP contribution in [-0.4, -0.2) is 78.1 Å². The predicted octanol–water partition coefficient (Wildman–Crippen LogP) is 6.69. The van der Waals surface area contributed by atoms with Crippen molar-refractivity contribution in [3.8, 4) is 0 Å². The molecule has 19 nitrogen and oxygen atoms in total. The fourth-order valence-electron chi connectivity index (χ4n) is 6.18. The number of nitrogens with zero attached hydrogens (tertiary/aromatic N) is 2. The van der Waals surface area contributed by atoms with E-state index in [0.717, 1.165) is 28.0 Å². The molecular weight excluding hydrogens is 933 g/mol. The van der Waals surface area contributed by atoms with E-state index < -0.39 is 60.5 Å². The standard InChI is InChI=1S/C51H58N8O11S/c1-51(2,3)34-53-44(62)41(28-43(61)67-29-35-17-8-4-9-18-35)55-42(60)27-39-33-71-47(54-39)57-45(63)40(56-48(64)68-30-36-19-10-5-11-20-36)25-16-26-52-46(58-49(65)69-31-37-21-12-6-13-22-37)59-50(66)70-32-38-23-14-7-15-24-38/h4-15,17-24,33,40-41H,16,25-32,34H2,1-3H3,(H,53,62)(H,55,60)(H,56,64)(H,54,57,63)(H2,52,58,59,65,66)/t40-,41-/m0/s1. The number of alkyl carbamates (subject to hydrolysis) is 3. The Labute approximate surface area is 415 Å². The van der Waals surface area contributed by atoms with Crippen LogP contribution in [0.1, 0.15) is 68.0 Å². The van der Waals surface area contributed by atoms with Gasteiger partial charge in [0.25, 0.3) is 0 Å². The summed E-state index contributed by atoms with van der Waals surface area (Å²) in [4.78, 5) is 100. The molecule has 0 unspecified atom stereocenters. The Bertz CT molecular complexity index is 2480. The van der Waals surface area contributed by atoms with Gasteiger partial charge in [0.1, 0.15) is 38.5 Å². The zero-order chi connectivity index (χ0) is 50.9. The van der Waals surface area contributed by atoms with Crippen molar-refractivity contribution < 1.29 is 52.5 Å². The molecule has 20 heteroatoms. The maximum Gasteiger partial charge on any atom is 0.414 e. The minimum atomic E-state index is -1.24. The summed E-state index contributed by atoms with van der Waals surface area (Å²) in [5.74, 6) is -2.81. The van der Waals surface area contributed by atoms with Gasteiger partial charge in [0.15, 0.2) is 5.13 Å². The van der Waals surface area contributed by atoms with Crippen molar-refractivity contribution in [1.29, 1.82) is 0 Å². The van der Waals surface area contributed by atoms with E-state index in [9.17, 15) is 33.6 Å². The summed E-state index contributed by atoms with van der Waals surface area (Å²) >= 11 is 1.02. The Kier molecular flexibility index (Phi) is 21.5. The summed E-state index contributed by atoms with van der Waals surface area (Å²) < 4.78 is 21.4. The van der Waals surface area contributed by atoms with Gasteiger partial charge in [0, 0.05) is 18.5 Å². The molecule has 0 bridgehead atoms. The molecule has 0 saturated heterocycles. The van der Waals surface area contributed by atoms with E-state index in [1.807, 2.05) is 45.0 Å². The smallest absolute Gasteiger partial charge is 0.414 e. The second-order valence-corrected chi connectivity index (χ2v) is 17.9. The van der Waals surface area contributed by atoms with Crippen molar-refractivity contribution in [1.82, 2.24) is 31.6 Å². The lowest BCUT2D eigenvalue weighted by Gasteiger charge is -2.22. The normalized spacial score (nSPS) is 11.6. The van der Waals surface area contributed by atoms with E-state index in [1.54, 1.807) is 102 Å². The van der Waals surface area contributed by atoms with Crippen LogP contribution >= 0.6 is 11.3 Å². The van der Waals surface area contributed by atoms with Crippen LogP contribution in [0.15, 0.2) is 132 Å². The summed E-state index contributed by atoms with van der Waals surface area (Å²) in [6, 6.07) is 33.4. The zero-order valence-electron chi connectivity index (χ0n) is 39.6. The minimum absolute atomic E-state index is 0.00578. The van der Waals surface area contributed by atoms with E-state index in [1.165, 1.54) is 0 Å². The van der Waals surface area contributed by atoms with Crippen LogP contribution in [0.25, 0.3) is 0 Å². The van der Waals surface area contributed by atoms with Crippen LogP contribution in [0.4, 0.5) is 19.5 Å². The maximum atomic E-state index is 13.8. The number of guanidine groups is 1. The molecule has 5 aromatic rings. The average Bonchev–Trinajstić information content (AvgIpc) is 3.80. The van der Waals surface area contributed by atoms with E-state index >= 15 is 0 Å². The van der Waals surface area contributed by atoms with E-state index in [0.29, 0.717) is 5.56 Å². The van der Waals surface area contributed by atoms with E-state index in [4.69, 9.17) is 18.9 Å². The van der Waals surface area contributed by atoms with Gasteiger partial charge in [0.2, 0.25) is 23.7 Å². The summed E-state index contributed by atoms with van der Waals surface area (Å²) in [5, 5.41) is 17.1. The molecule has 0 aliphatic rings. The largest absolute Gasteiger partial charge is 0.461 e. The first-order chi connectivity index (χ1) is 34.2. The highest BCUT2D eigenvalue weighted by Gasteiger charge is 2.27. The van der Waals surface area contributed by atoms with Crippen LogP contribution in [0.2, 0.25) is 0 Å². The number of ether oxygens (including phenoxy) is 4. The van der Waals surface area contributed by atoms with Gasteiger partial charge in [-0.1, -0.05) is 142 Å². The molecule has 0 fully saturated rings. The third-order valence-electron chi connectivity index (χ3n) is 9.79. The second-order valence-electron chi connectivity index (χ2n) is 17.1.